The number of halogens is 2. The molecule has 0 amide bonds. The maximum absolute atomic E-state index is 5.76. The average Bonchev–Trinajstić information content (AvgIpc) is 2.39. The number of ether oxygens (including phenoxy) is 1. The molecule has 1 aliphatic rings. The fourth-order valence-corrected chi connectivity index (χ4v) is 2.77. The number of hydrogen-bond acceptors (Lipinski definition) is 3. The van der Waals surface area contributed by atoms with E-state index in [0.717, 1.165) is 36.5 Å². The van der Waals surface area contributed by atoms with Crippen molar-refractivity contribution in [3.8, 4) is 5.75 Å². The van der Waals surface area contributed by atoms with Gasteiger partial charge in [-0.1, -0.05) is 22.0 Å². The first-order valence-corrected chi connectivity index (χ1v) is 7.38. The van der Waals surface area contributed by atoms with Crippen LogP contribution in [0.1, 0.15) is 12.8 Å². The van der Waals surface area contributed by atoms with Gasteiger partial charge in [0.1, 0.15) is 12.4 Å². The first kappa shape index (κ1) is 16.8. The Kier molecular flexibility index (Phi) is 7.76. The molecule has 2 rings (SSSR count). The fraction of sp³-hybridized carbons (Fsp3) is 0.571. The molecule has 3 nitrogen and oxygen atoms in total. The summed E-state index contributed by atoms with van der Waals surface area (Å²) in [7, 11) is 0. The van der Waals surface area contributed by atoms with Crippen LogP contribution >= 0.6 is 28.3 Å². The molecular formula is C14H22BrClN2O. The number of likely N-dealkylation sites (tertiary alicyclic amines) is 1. The van der Waals surface area contributed by atoms with Gasteiger partial charge in [-0.2, -0.15) is 0 Å². The Labute approximate surface area is 130 Å². The standard InChI is InChI=1S/C14H21BrN2O.ClH/c15-13-4-1-5-14(9-13)18-8-7-17-6-2-3-12(10-16)11-17;/h1,4-5,9,12H,2-3,6-8,10-11,16H2;1H. The van der Waals surface area contributed by atoms with E-state index in [-0.39, 0.29) is 12.4 Å². The third kappa shape index (κ3) is 5.69. The molecule has 1 fully saturated rings. The highest BCUT2D eigenvalue weighted by molar-refractivity contribution is 9.10. The molecule has 1 heterocycles. The molecular weight excluding hydrogens is 328 g/mol. The highest BCUT2D eigenvalue weighted by Crippen LogP contribution is 2.18. The molecule has 1 aromatic carbocycles. The molecule has 2 N–H and O–H groups in total. The monoisotopic (exact) mass is 348 g/mol. The van der Waals surface area contributed by atoms with Crippen molar-refractivity contribution in [2.45, 2.75) is 12.8 Å². The van der Waals surface area contributed by atoms with Crippen molar-refractivity contribution < 1.29 is 4.74 Å². The Morgan fingerprint density at radius 3 is 3.00 bits per heavy atom. The lowest BCUT2D eigenvalue weighted by Gasteiger charge is -2.31. The molecule has 108 valence electrons. The smallest absolute Gasteiger partial charge is 0.120 e. The van der Waals surface area contributed by atoms with Gasteiger partial charge in [-0.15, -0.1) is 12.4 Å². The topological polar surface area (TPSA) is 38.5 Å². The van der Waals surface area contributed by atoms with Crippen LogP contribution in [0.3, 0.4) is 0 Å². The Morgan fingerprint density at radius 2 is 2.26 bits per heavy atom. The summed E-state index contributed by atoms with van der Waals surface area (Å²) in [6, 6.07) is 7.98. The second-order valence-corrected chi connectivity index (χ2v) is 5.77. The van der Waals surface area contributed by atoms with Gasteiger partial charge < -0.3 is 10.5 Å². The molecule has 1 atom stereocenters. The zero-order chi connectivity index (χ0) is 12.8. The Bertz CT molecular complexity index is 378. The molecule has 0 aromatic heterocycles. The summed E-state index contributed by atoms with van der Waals surface area (Å²) in [5.41, 5.74) is 5.74. The van der Waals surface area contributed by atoms with Crippen LogP contribution in [0.25, 0.3) is 0 Å². The van der Waals surface area contributed by atoms with Gasteiger partial charge in [-0.3, -0.25) is 4.90 Å². The van der Waals surface area contributed by atoms with E-state index >= 15 is 0 Å². The number of benzene rings is 1. The molecule has 0 saturated carbocycles. The van der Waals surface area contributed by atoms with Gasteiger partial charge in [-0.25, -0.2) is 0 Å². The van der Waals surface area contributed by atoms with E-state index in [1.54, 1.807) is 0 Å². The van der Waals surface area contributed by atoms with Crippen LogP contribution < -0.4 is 10.5 Å². The van der Waals surface area contributed by atoms with Crippen LogP contribution in [0.2, 0.25) is 0 Å². The minimum atomic E-state index is 0. The van der Waals surface area contributed by atoms with E-state index in [2.05, 4.69) is 20.8 Å². The highest BCUT2D eigenvalue weighted by atomic mass is 79.9. The minimum absolute atomic E-state index is 0. The van der Waals surface area contributed by atoms with Crippen LogP contribution in [-0.4, -0.2) is 37.7 Å². The Hall–Kier alpha value is -0.290. The van der Waals surface area contributed by atoms with Gasteiger partial charge >= 0.3 is 0 Å². The van der Waals surface area contributed by atoms with E-state index in [1.807, 2.05) is 24.3 Å². The molecule has 5 heteroatoms. The van der Waals surface area contributed by atoms with Crippen molar-refractivity contribution in [1.82, 2.24) is 4.90 Å². The molecule has 1 saturated heterocycles. The summed E-state index contributed by atoms with van der Waals surface area (Å²) in [6.07, 6.45) is 2.54. The number of nitrogens with two attached hydrogens (primary N) is 1. The van der Waals surface area contributed by atoms with Crippen molar-refractivity contribution in [3.63, 3.8) is 0 Å². The number of hydrogen-bond donors (Lipinski definition) is 1. The Morgan fingerprint density at radius 1 is 1.42 bits per heavy atom. The average molecular weight is 350 g/mol. The van der Waals surface area contributed by atoms with Gasteiger partial charge in [0.25, 0.3) is 0 Å². The lowest BCUT2D eigenvalue weighted by atomic mass is 9.98. The summed E-state index contributed by atoms with van der Waals surface area (Å²) >= 11 is 3.44. The zero-order valence-electron chi connectivity index (χ0n) is 11.1. The van der Waals surface area contributed by atoms with E-state index < -0.39 is 0 Å². The van der Waals surface area contributed by atoms with Crippen LogP contribution in [0.15, 0.2) is 28.7 Å². The summed E-state index contributed by atoms with van der Waals surface area (Å²) < 4.78 is 6.81. The first-order chi connectivity index (χ1) is 8.78. The van der Waals surface area contributed by atoms with E-state index in [1.165, 1.54) is 19.4 Å². The van der Waals surface area contributed by atoms with Crippen molar-refractivity contribution >= 4 is 28.3 Å². The molecule has 1 unspecified atom stereocenters. The largest absolute Gasteiger partial charge is 0.492 e. The van der Waals surface area contributed by atoms with Crippen molar-refractivity contribution in [2.75, 3.05) is 32.8 Å². The summed E-state index contributed by atoms with van der Waals surface area (Å²) in [5, 5.41) is 0. The predicted molar refractivity (Wildman–Crippen MR) is 85.1 cm³/mol. The van der Waals surface area contributed by atoms with Crippen molar-refractivity contribution in [1.29, 1.82) is 0 Å². The van der Waals surface area contributed by atoms with Gasteiger partial charge in [-0.05, 0) is 50.0 Å². The lowest BCUT2D eigenvalue weighted by molar-refractivity contribution is 0.149. The SMILES string of the molecule is Cl.NCC1CCCN(CCOc2cccc(Br)c2)C1. The predicted octanol–water partition coefficient (Wildman–Crippen LogP) is 2.92. The van der Waals surface area contributed by atoms with Crippen LogP contribution in [0, 0.1) is 5.92 Å². The third-order valence-electron chi connectivity index (χ3n) is 3.41. The molecule has 19 heavy (non-hydrogen) atoms. The van der Waals surface area contributed by atoms with Crippen molar-refractivity contribution in [2.24, 2.45) is 11.7 Å². The molecule has 0 aliphatic carbocycles. The van der Waals surface area contributed by atoms with Crippen molar-refractivity contribution in [3.05, 3.63) is 28.7 Å². The van der Waals surface area contributed by atoms with Crippen LogP contribution in [0.4, 0.5) is 0 Å². The second-order valence-electron chi connectivity index (χ2n) is 4.85. The second kappa shape index (κ2) is 8.80. The zero-order valence-corrected chi connectivity index (χ0v) is 13.5. The molecule has 0 radical (unpaired) electrons. The first-order valence-electron chi connectivity index (χ1n) is 6.58. The highest BCUT2D eigenvalue weighted by Gasteiger charge is 2.18. The number of rotatable bonds is 5. The molecule has 1 aliphatic heterocycles. The summed E-state index contributed by atoms with van der Waals surface area (Å²) in [4.78, 5) is 2.46. The van der Waals surface area contributed by atoms with Gasteiger partial charge in [0.15, 0.2) is 0 Å². The maximum Gasteiger partial charge on any atom is 0.120 e. The fourth-order valence-electron chi connectivity index (χ4n) is 2.40. The van der Waals surface area contributed by atoms with Gasteiger partial charge in [0.2, 0.25) is 0 Å². The summed E-state index contributed by atoms with van der Waals surface area (Å²) in [6.45, 7) is 4.84. The lowest BCUT2D eigenvalue weighted by Crippen LogP contribution is -2.40. The van der Waals surface area contributed by atoms with Crippen LogP contribution in [0.5, 0.6) is 5.75 Å². The maximum atomic E-state index is 5.76. The number of piperidine rings is 1. The molecule has 1 aromatic rings. The van der Waals surface area contributed by atoms with Crippen LogP contribution in [-0.2, 0) is 0 Å². The molecule has 0 spiro atoms. The van der Waals surface area contributed by atoms with E-state index in [4.69, 9.17) is 10.5 Å². The molecule has 0 bridgehead atoms. The van der Waals surface area contributed by atoms with Gasteiger partial charge in [0.05, 0.1) is 0 Å². The van der Waals surface area contributed by atoms with E-state index in [9.17, 15) is 0 Å². The normalized spacial score (nSPS) is 19.8. The minimum Gasteiger partial charge on any atom is -0.492 e. The quantitative estimate of drug-likeness (QED) is 0.888. The third-order valence-corrected chi connectivity index (χ3v) is 3.90. The van der Waals surface area contributed by atoms with Gasteiger partial charge in [0, 0.05) is 17.6 Å². The Balaban J connectivity index is 0.00000180. The van der Waals surface area contributed by atoms with E-state index in [0.29, 0.717) is 5.92 Å². The number of nitrogens with zero attached hydrogens (tertiary/aromatic N) is 1. The summed E-state index contributed by atoms with van der Waals surface area (Å²) in [5.74, 6) is 1.60.